The van der Waals surface area contributed by atoms with E-state index in [1.807, 2.05) is 27.7 Å². The molecule has 5 heteroatoms. The lowest BCUT2D eigenvalue weighted by atomic mass is 9.78. The maximum Gasteiger partial charge on any atom is 0.211 e. The van der Waals surface area contributed by atoms with Crippen LogP contribution >= 0.6 is 0 Å². The third kappa shape index (κ3) is 5.40. The monoisotopic (exact) mass is 292 g/mol. The van der Waals surface area contributed by atoms with Gasteiger partial charge in [-0.25, -0.2) is 12.7 Å². The first-order valence-electron chi connectivity index (χ1n) is 7.55. The largest absolute Gasteiger partial charge is 0.306 e. The summed E-state index contributed by atoms with van der Waals surface area (Å²) in [5, 5.41) is 0. The first kappa shape index (κ1) is 18.9. The summed E-state index contributed by atoms with van der Waals surface area (Å²) in [6.07, 6.45) is 4.67. The van der Waals surface area contributed by atoms with Crippen LogP contribution in [0.3, 0.4) is 0 Å². The number of sulfonamides is 1. The quantitative estimate of drug-likeness (QED) is 0.745. The number of hydrogen-bond acceptors (Lipinski definition) is 3. The van der Waals surface area contributed by atoms with Gasteiger partial charge >= 0.3 is 0 Å². The highest BCUT2D eigenvalue weighted by Gasteiger charge is 2.42. The van der Waals surface area contributed by atoms with Gasteiger partial charge in [0.05, 0.1) is 6.26 Å². The minimum atomic E-state index is -2.97. The minimum absolute atomic E-state index is 0.287. The SMILES string of the molecule is CC.CC.CN1CCC2(CC1)CCN(S(C)(=O)=O)C2. The van der Waals surface area contributed by atoms with Crippen molar-refractivity contribution in [2.45, 2.75) is 47.0 Å². The second-order valence-electron chi connectivity index (χ2n) is 5.15. The normalized spacial score (nSPS) is 23.3. The van der Waals surface area contributed by atoms with Gasteiger partial charge in [-0.15, -0.1) is 0 Å². The van der Waals surface area contributed by atoms with E-state index in [1.165, 1.54) is 6.26 Å². The summed E-state index contributed by atoms with van der Waals surface area (Å²) in [5.74, 6) is 0. The van der Waals surface area contributed by atoms with Gasteiger partial charge in [0, 0.05) is 13.1 Å². The van der Waals surface area contributed by atoms with Crippen LogP contribution in [0.25, 0.3) is 0 Å². The summed E-state index contributed by atoms with van der Waals surface area (Å²) in [6, 6.07) is 0. The fourth-order valence-electron chi connectivity index (χ4n) is 2.68. The van der Waals surface area contributed by atoms with Crippen molar-refractivity contribution < 1.29 is 8.42 Å². The Balaban J connectivity index is 0.000000741. The van der Waals surface area contributed by atoms with E-state index < -0.39 is 10.0 Å². The molecule has 2 aliphatic rings. The maximum atomic E-state index is 11.4. The van der Waals surface area contributed by atoms with E-state index in [4.69, 9.17) is 0 Å². The predicted octanol–water partition coefficient (Wildman–Crippen LogP) is 2.42. The van der Waals surface area contributed by atoms with Crippen molar-refractivity contribution in [3.63, 3.8) is 0 Å². The van der Waals surface area contributed by atoms with Gasteiger partial charge in [-0.2, -0.15) is 0 Å². The van der Waals surface area contributed by atoms with Crippen LogP contribution in [0.5, 0.6) is 0 Å². The molecule has 0 amide bonds. The molecule has 116 valence electrons. The molecule has 2 fully saturated rings. The van der Waals surface area contributed by atoms with Crippen molar-refractivity contribution in [1.29, 1.82) is 0 Å². The molecule has 0 radical (unpaired) electrons. The van der Waals surface area contributed by atoms with Gasteiger partial charge in [-0.1, -0.05) is 27.7 Å². The Hall–Kier alpha value is -0.130. The molecule has 0 unspecified atom stereocenters. The average molecular weight is 292 g/mol. The average Bonchev–Trinajstić information content (AvgIpc) is 2.83. The molecule has 2 heterocycles. The van der Waals surface area contributed by atoms with Gasteiger partial charge in [0.1, 0.15) is 0 Å². The van der Waals surface area contributed by atoms with Crippen LogP contribution in [0.15, 0.2) is 0 Å². The second-order valence-corrected chi connectivity index (χ2v) is 7.13. The molecule has 0 atom stereocenters. The van der Waals surface area contributed by atoms with Gasteiger partial charge < -0.3 is 4.90 Å². The summed E-state index contributed by atoms with van der Waals surface area (Å²) in [6.45, 7) is 11.7. The molecule has 2 aliphatic heterocycles. The third-order valence-corrected chi connectivity index (χ3v) is 5.17. The maximum absolute atomic E-state index is 11.4. The summed E-state index contributed by atoms with van der Waals surface area (Å²) in [4.78, 5) is 2.33. The standard InChI is InChI=1S/C10H20N2O2S.2C2H6/c1-11-6-3-10(4-7-11)5-8-12(9-10)15(2,13)14;2*1-2/h3-9H2,1-2H3;2*1-2H3. The molecule has 0 aromatic carbocycles. The van der Waals surface area contributed by atoms with Crippen molar-refractivity contribution in [3.8, 4) is 0 Å². The molecular weight excluding hydrogens is 260 g/mol. The van der Waals surface area contributed by atoms with Crippen LogP contribution in [-0.4, -0.2) is 57.1 Å². The van der Waals surface area contributed by atoms with E-state index in [9.17, 15) is 8.42 Å². The zero-order valence-electron chi connectivity index (χ0n) is 13.6. The topological polar surface area (TPSA) is 40.6 Å². The Morgan fingerprint density at radius 3 is 1.68 bits per heavy atom. The van der Waals surface area contributed by atoms with Crippen molar-refractivity contribution >= 4 is 10.0 Å². The van der Waals surface area contributed by atoms with Crippen LogP contribution in [0.4, 0.5) is 0 Å². The van der Waals surface area contributed by atoms with Crippen molar-refractivity contribution in [2.24, 2.45) is 5.41 Å². The molecule has 1 spiro atoms. The van der Waals surface area contributed by atoms with Crippen molar-refractivity contribution in [2.75, 3.05) is 39.5 Å². The Morgan fingerprint density at radius 1 is 0.895 bits per heavy atom. The number of likely N-dealkylation sites (tertiary alicyclic amines) is 1. The van der Waals surface area contributed by atoms with Crippen molar-refractivity contribution in [3.05, 3.63) is 0 Å². The second kappa shape index (κ2) is 8.22. The number of piperidine rings is 1. The summed E-state index contributed by atoms with van der Waals surface area (Å²) < 4.78 is 24.5. The van der Waals surface area contributed by atoms with Crippen LogP contribution < -0.4 is 0 Å². The zero-order valence-corrected chi connectivity index (χ0v) is 14.4. The Labute approximate surface area is 120 Å². The molecule has 4 nitrogen and oxygen atoms in total. The van der Waals surface area contributed by atoms with Crippen LogP contribution in [0.1, 0.15) is 47.0 Å². The van der Waals surface area contributed by atoms with Gasteiger partial charge in [-0.3, -0.25) is 0 Å². The molecular formula is C14H32N2O2S. The Bertz CT molecular complexity index is 333. The molecule has 0 aromatic rings. The third-order valence-electron chi connectivity index (χ3n) is 3.92. The van der Waals surface area contributed by atoms with Gasteiger partial charge in [0.2, 0.25) is 10.0 Å². The lowest BCUT2D eigenvalue weighted by Crippen LogP contribution is -2.40. The first-order valence-corrected chi connectivity index (χ1v) is 9.40. The summed E-state index contributed by atoms with van der Waals surface area (Å²) in [7, 11) is -0.837. The molecule has 2 rings (SSSR count). The highest BCUT2D eigenvalue weighted by molar-refractivity contribution is 7.88. The van der Waals surface area contributed by atoms with E-state index >= 15 is 0 Å². The van der Waals surface area contributed by atoms with Crippen LogP contribution in [0.2, 0.25) is 0 Å². The smallest absolute Gasteiger partial charge is 0.211 e. The zero-order chi connectivity index (χ0) is 15.1. The van der Waals surface area contributed by atoms with E-state index in [-0.39, 0.29) is 5.41 Å². The first-order chi connectivity index (χ1) is 8.91. The predicted molar refractivity (Wildman–Crippen MR) is 82.9 cm³/mol. The highest BCUT2D eigenvalue weighted by Crippen LogP contribution is 2.40. The van der Waals surface area contributed by atoms with Gasteiger partial charge in [0.15, 0.2) is 0 Å². The molecule has 2 saturated heterocycles. The molecule has 0 aromatic heterocycles. The summed E-state index contributed by atoms with van der Waals surface area (Å²) in [5.41, 5.74) is 0.287. The van der Waals surface area contributed by atoms with Gasteiger partial charge in [0.25, 0.3) is 0 Å². The Morgan fingerprint density at radius 2 is 1.32 bits per heavy atom. The molecule has 0 saturated carbocycles. The Kier molecular flexibility index (Phi) is 8.17. The summed E-state index contributed by atoms with van der Waals surface area (Å²) >= 11 is 0. The minimum Gasteiger partial charge on any atom is -0.306 e. The molecule has 0 N–H and O–H groups in total. The van der Waals surface area contributed by atoms with E-state index in [0.29, 0.717) is 0 Å². The van der Waals surface area contributed by atoms with E-state index in [2.05, 4.69) is 11.9 Å². The van der Waals surface area contributed by atoms with Gasteiger partial charge in [-0.05, 0) is 44.8 Å². The van der Waals surface area contributed by atoms with E-state index in [1.54, 1.807) is 4.31 Å². The molecule has 0 bridgehead atoms. The van der Waals surface area contributed by atoms with Crippen LogP contribution in [0, 0.1) is 5.41 Å². The van der Waals surface area contributed by atoms with Crippen LogP contribution in [-0.2, 0) is 10.0 Å². The number of hydrogen-bond donors (Lipinski definition) is 0. The lowest BCUT2D eigenvalue weighted by Gasteiger charge is -2.37. The molecule has 19 heavy (non-hydrogen) atoms. The number of nitrogens with zero attached hydrogens (tertiary/aromatic N) is 2. The fraction of sp³-hybridized carbons (Fsp3) is 1.00. The molecule has 0 aliphatic carbocycles. The van der Waals surface area contributed by atoms with Crippen molar-refractivity contribution in [1.82, 2.24) is 9.21 Å². The van der Waals surface area contributed by atoms with E-state index in [0.717, 1.165) is 45.4 Å². The lowest BCUT2D eigenvalue weighted by molar-refractivity contribution is 0.135. The highest BCUT2D eigenvalue weighted by atomic mass is 32.2. The fourth-order valence-corrected chi connectivity index (χ4v) is 3.61. The number of rotatable bonds is 1.